The van der Waals surface area contributed by atoms with E-state index in [0.717, 1.165) is 23.9 Å². The second kappa shape index (κ2) is 5.30. The molecule has 0 spiro atoms. The zero-order valence-corrected chi connectivity index (χ0v) is 12.3. The van der Waals surface area contributed by atoms with Crippen molar-refractivity contribution in [3.63, 3.8) is 0 Å². The van der Waals surface area contributed by atoms with Gasteiger partial charge in [-0.05, 0) is 49.4 Å². The third-order valence-electron chi connectivity index (χ3n) is 5.50. The molecule has 0 aromatic carbocycles. The van der Waals surface area contributed by atoms with Gasteiger partial charge in [-0.15, -0.1) is 0 Å². The van der Waals surface area contributed by atoms with Gasteiger partial charge in [-0.25, -0.2) is 0 Å². The van der Waals surface area contributed by atoms with Crippen molar-refractivity contribution in [2.75, 3.05) is 0 Å². The van der Waals surface area contributed by atoms with Gasteiger partial charge >= 0.3 is 0 Å². The van der Waals surface area contributed by atoms with Crippen molar-refractivity contribution in [2.45, 2.75) is 84.7 Å². The molecule has 0 heterocycles. The Morgan fingerprint density at radius 1 is 0.941 bits per heavy atom. The van der Waals surface area contributed by atoms with Crippen LogP contribution in [0.2, 0.25) is 0 Å². The predicted molar refractivity (Wildman–Crippen MR) is 75.1 cm³/mol. The summed E-state index contributed by atoms with van der Waals surface area (Å²) in [5.41, 5.74) is 0.601. The van der Waals surface area contributed by atoms with Crippen LogP contribution in [0.1, 0.15) is 72.6 Å². The summed E-state index contributed by atoms with van der Waals surface area (Å²) < 4.78 is 0. The number of rotatable bonds is 2. The van der Waals surface area contributed by atoms with Crippen molar-refractivity contribution in [1.29, 1.82) is 0 Å². The Labute approximate surface area is 108 Å². The summed E-state index contributed by atoms with van der Waals surface area (Å²) in [6.45, 7) is 9.74. The van der Waals surface area contributed by atoms with Crippen LogP contribution < -0.4 is 5.32 Å². The normalized spacial score (nSPS) is 39.2. The number of hydrogen-bond donors (Lipinski definition) is 1. The monoisotopic (exact) mass is 237 g/mol. The van der Waals surface area contributed by atoms with E-state index in [-0.39, 0.29) is 0 Å². The molecule has 2 rings (SSSR count). The minimum absolute atomic E-state index is 0.601. The Kier molecular flexibility index (Phi) is 4.18. The van der Waals surface area contributed by atoms with Crippen LogP contribution in [0.15, 0.2) is 0 Å². The lowest BCUT2D eigenvalue weighted by Crippen LogP contribution is -2.47. The molecule has 0 amide bonds. The van der Waals surface area contributed by atoms with Gasteiger partial charge in [-0.1, -0.05) is 40.5 Å². The van der Waals surface area contributed by atoms with E-state index in [0.29, 0.717) is 5.41 Å². The van der Waals surface area contributed by atoms with Crippen molar-refractivity contribution in [3.05, 3.63) is 0 Å². The highest BCUT2D eigenvalue weighted by Gasteiger charge is 2.31. The molecule has 3 atom stereocenters. The second-order valence-corrected chi connectivity index (χ2v) is 7.48. The molecule has 0 aromatic rings. The van der Waals surface area contributed by atoms with E-state index in [1.54, 1.807) is 0 Å². The maximum atomic E-state index is 3.98. The molecule has 100 valence electrons. The van der Waals surface area contributed by atoms with Crippen LogP contribution in [0, 0.1) is 17.3 Å². The van der Waals surface area contributed by atoms with E-state index >= 15 is 0 Å². The quantitative estimate of drug-likeness (QED) is 0.752. The van der Waals surface area contributed by atoms with Crippen molar-refractivity contribution < 1.29 is 0 Å². The van der Waals surface area contributed by atoms with Crippen LogP contribution in [0.3, 0.4) is 0 Å². The van der Waals surface area contributed by atoms with Crippen LogP contribution in [0.5, 0.6) is 0 Å². The summed E-state index contributed by atoms with van der Waals surface area (Å²) in [5, 5.41) is 3.98. The van der Waals surface area contributed by atoms with Crippen molar-refractivity contribution in [1.82, 2.24) is 5.32 Å². The van der Waals surface area contributed by atoms with Crippen molar-refractivity contribution >= 4 is 0 Å². The van der Waals surface area contributed by atoms with E-state index in [2.05, 4.69) is 33.0 Å². The summed E-state index contributed by atoms with van der Waals surface area (Å²) >= 11 is 0. The van der Waals surface area contributed by atoms with Crippen molar-refractivity contribution in [3.8, 4) is 0 Å². The van der Waals surface area contributed by atoms with Gasteiger partial charge in [-0.2, -0.15) is 0 Å². The summed E-state index contributed by atoms with van der Waals surface area (Å²) in [6, 6.07) is 1.60. The predicted octanol–water partition coefficient (Wildman–Crippen LogP) is 4.37. The maximum absolute atomic E-state index is 3.98. The fourth-order valence-electron chi connectivity index (χ4n) is 3.69. The standard InChI is InChI=1S/C16H31N/c1-12-6-5-7-15(13(12)2)17-14-8-10-16(3,4)11-9-14/h12-15,17H,5-11H2,1-4H3. The van der Waals surface area contributed by atoms with E-state index in [9.17, 15) is 0 Å². The Hall–Kier alpha value is -0.0400. The zero-order chi connectivity index (χ0) is 12.5. The molecule has 0 aromatic heterocycles. The summed E-state index contributed by atoms with van der Waals surface area (Å²) in [7, 11) is 0. The van der Waals surface area contributed by atoms with E-state index in [1.807, 2.05) is 0 Å². The minimum Gasteiger partial charge on any atom is -0.311 e. The number of nitrogens with one attached hydrogen (secondary N) is 1. The van der Waals surface area contributed by atoms with Crippen LogP contribution in [0.4, 0.5) is 0 Å². The summed E-state index contributed by atoms with van der Waals surface area (Å²) in [4.78, 5) is 0. The molecule has 1 heteroatoms. The van der Waals surface area contributed by atoms with Gasteiger partial charge in [0.15, 0.2) is 0 Å². The third-order valence-corrected chi connectivity index (χ3v) is 5.50. The molecular formula is C16H31N. The Bertz CT molecular complexity index is 236. The van der Waals surface area contributed by atoms with Gasteiger partial charge in [-0.3, -0.25) is 0 Å². The van der Waals surface area contributed by atoms with E-state index in [1.165, 1.54) is 44.9 Å². The summed E-state index contributed by atoms with van der Waals surface area (Å²) in [5.74, 6) is 1.79. The fraction of sp³-hybridized carbons (Fsp3) is 1.00. The second-order valence-electron chi connectivity index (χ2n) is 7.48. The molecule has 17 heavy (non-hydrogen) atoms. The minimum atomic E-state index is 0.601. The van der Waals surface area contributed by atoms with E-state index < -0.39 is 0 Å². The highest BCUT2D eigenvalue weighted by Crippen LogP contribution is 2.36. The smallest absolute Gasteiger partial charge is 0.00978 e. The maximum Gasteiger partial charge on any atom is 0.00978 e. The van der Waals surface area contributed by atoms with Gasteiger partial charge in [0.1, 0.15) is 0 Å². The first kappa shape index (κ1) is 13.4. The molecule has 3 unspecified atom stereocenters. The Morgan fingerprint density at radius 3 is 2.24 bits per heavy atom. The first-order valence-corrected chi connectivity index (χ1v) is 7.74. The highest BCUT2D eigenvalue weighted by atomic mass is 15.0. The highest BCUT2D eigenvalue weighted by molar-refractivity contribution is 4.88. The lowest BCUT2D eigenvalue weighted by atomic mass is 9.74. The average Bonchev–Trinajstić information content (AvgIpc) is 2.27. The molecule has 2 aliphatic carbocycles. The molecule has 2 aliphatic rings. The fourth-order valence-corrected chi connectivity index (χ4v) is 3.69. The van der Waals surface area contributed by atoms with Gasteiger partial charge < -0.3 is 5.32 Å². The average molecular weight is 237 g/mol. The lowest BCUT2D eigenvalue weighted by molar-refractivity contribution is 0.152. The molecular weight excluding hydrogens is 206 g/mol. The Morgan fingerprint density at radius 2 is 1.59 bits per heavy atom. The first-order chi connectivity index (χ1) is 7.98. The third kappa shape index (κ3) is 3.47. The molecule has 0 aliphatic heterocycles. The van der Waals surface area contributed by atoms with Crippen LogP contribution in [-0.2, 0) is 0 Å². The van der Waals surface area contributed by atoms with Crippen LogP contribution in [-0.4, -0.2) is 12.1 Å². The zero-order valence-electron chi connectivity index (χ0n) is 12.3. The van der Waals surface area contributed by atoms with Crippen LogP contribution in [0.25, 0.3) is 0 Å². The van der Waals surface area contributed by atoms with E-state index in [4.69, 9.17) is 0 Å². The number of hydrogen-bond acceptors (Lipinski definition) is 1. The van der Waals surface area contributed by atoms with Gasteiger partial charge in [0.25, 0.3) is 0 Å². The first-order valence-electron chi connectivity index (χ1n) is 7.74. The molecule has 0 radical (unpaired) electrons. The van der Waals surface area contributed by atoms with Gasteiger partial charge in [0, 0.05) is 12.1 Å². The Balaban J connectivity index is 1.81. The molecule has 1 nitrogen and oxygen atoms in total. The van der Waals surface area contributed by atoms with Crippen molar-refractivity contribution in [2.24, 2.45) is 17.3 Å². The van der Waals surface area contributed by atoms with Gasteiger partial charge in [0.2, 0.25) is 0 Å². The largest absolute Gasteiger partial charge is 0.311 e. The SMILES string of the molecule is CC1CCCC(NC2CCC(C)(C)CC2)C1C. The topological polar surface area (TPSA) is 12.0 Å². The van der Waals surface area contributed by atoms with Crippen LogP contribution >= 0.6 is 0 Å². The summed E-state index contributed by atoms with van der Waals surface area (Å²) in [6.07, 6.45) is 9.88. The van der Waals surface area contributed by atoms with Gasteiger partial charge in [0.05, 0.1) is 0 Å². The molecule has 0 bridgehead atoms. The lowest BCUT2D eigenvalue weighted by Gasteiger charge is -2.41. The molecule has 2 saturated carbocycles. The molecule has 2 fully saturated rings. The molecule has 1 N–H and O–H groups in total. The molecule has 0 saturated heterocycles.